The molecule has 9 nitrogen and oxygen atoms in total. The number of hydrogen-bond donors (Lipinski definition) is 0. The fourth-order valence-corrected chi connectivity index (χ4v) is 5.20. The van der Waals surface area contributed by atoms with Crippen LogP contribution in [0.2, 0.25) is 0 Å². The first-order valence-corrected chi connectivity index (χ1v) is 13.9. The molecule has 2 heterocycles. The zero-order valence-electron chi connectivity index (χ0n) is 23.2. The second-order valence-corrected chi connectivity index (χ2v) is 10.8. The van der Waals surface area contributed by atoms with Crippen molar-refractivity contribution >= 4 is 17.6 Å². The quantitative estimate of drug-likeness (QED) is 0.112. The molecule has 2 atom stereocenters. The van der Waals surface area contributed by atoms with E-state index in [2.05, 4.69) is 6.92 Å². The maximum atomic E-state index is 13.1. The van der Waals surface area contributed by atoms with Gasteiger partial charge in [0, 0.05) is 30.7 Å². The maximum Gasteiger partial charge on any atom is 0.303 e. The van der Waals surface area contributed by atoms with E-state index >= 15 is 0 Å². The maximum absolute atomic E-state index is 13.1. The number of hydrogen-bond acceptors (Lipinski definition) is 7. The van der Waals surface area contributed by atoms with Crippen LogP contribution in [0.3, 0.4) is 0 Å². The molecule has 0 bridgehead atoms. The van der Waals surface area contributed by atoms with Gasteiger partial charge in [0.05, 0.1) is 18.1 Å². The molecule has 2 aliphatic rings. The molecule has 1 aromatic rings. The molecule has 0 unspecified atom stereocenters. The summed E-state index contributed by atoms with van der Waals surface area (Å²) in [5.74, 6) is 0.147. The summed E-state index contributed by atoms with van der Waals surface area (Å²) >= 11 is 0. The molecule has 38 heavy (non-hydrogen) atoms. The molecule has 210 valence electrons. The molecule has 0 fully saturated rings. The Labute approximate surface area is 225 Å². The highest BCUT2D eigenvalue weighted by Crippen LogP contribution is 2.46. The van der Waals surface area contributed by atoms with E-state index in [0.29, 0.717) is 23.7 Å². The third-order valence-corrected chi connectivity index (χ3v) is 7.18. The Bertz CT molecular complexity index is 1020. The minimum Gasteiger partial charge on any atom is -0.496 e. The monoisotopic (exact) mass is 530 g/mol. The lowest BCUT2D eigenvalue weighted by Gasteiger charge is -2.46. The number of benzene rings is 1. The largest absolute Gasteiger partial charge is 0.496 e. The van der Waals surface area contributed by atoms with Crippen molar-refractivity contribution in [3.8, 4) is 5.75 Å². The van der Waals surface area contributed by atoms with Crippen molar-refractivity contribution in [3.05, 3.63) is 45.7 Å². The summed E-state index contributed by atoms with van der Waals surface area (Å²) in [4.78, 5) is 37.6. The third kappa shape index (κ3) is 7.71. The molecule has 1 aromatic carbocycles. The van der Waals surface area contributed by atoms with Gasteiger partial charge in [-0.3, -0.25) is 19.7 Å². The third-order valence-electron chi connectivity index (χ3n) is 7.18. The van der Waals surface area contributed by atoms with Crippen LogP contribution in [0.5, 0.6) is 5.75 Å². The zero-order chi connectivity index (χ0) is 27.7. The Balaban J connectivity index is 1.60. The van der Waals surface area contributed by atoms with E-state index < -0.39 is 28.6 Å². The van der Waals surface area contributed by atoms with Crippen LogP contribution in [0.25, 0.3) is 0 Å². The Kier molecular flexibility index (Phi) is 10.6. The number of fused-ring (bicyclic) bond motifs is 1. The molecular weight excluding hydrogens is 488 g/mol. The molecule has 0 aliphatic carbocycles. The van der Waals surface area contributed by atoms with Crippen LogP contribution in [0.4, 0.5) is 5.69 Å². The fraction of sp³-hybridized carbons (Fsp3) is 0.655. The standard InChI is InChI=1S/C29H42N2O7/c1-5-6-7-8-9-10-11-12-13-14-17-36-23-19-26(33)30(20-23)27-24-18-22(31(34)35)15-16-25(24)38-29(3,4)28(27)37-21(2)32/h15-16,18-19,27-28H,5-14,17,20H2,1-4H3/t27-,28+/m0/s1. The predicted molar refractivity (Wildman–Crippen MR) is 144 cm³/mol. The van der Waals surface area contributed by atoms with Gasteiger partial charge in [-0.15, -0.1) is 0 Å². The van der Waals surface area contributed by atoms with E-state index in [0.717, 1.165) is 12.8 Å². The van der Waals surface area contributed by atoms with E-state index in [1.54, 1.807) is 18.7 Å². The number of nitro groups is 1. The van der Waals surface area contributed by atoms with Gasteiger partial charge in [-0.05, 0) is 26.3 Å². The molecule has 0 aromatic heterocycles. The highest BCUT2D eigenvalue weighted by atomic mass is 16.6. The molecule has 2 aliphatic heterocycles. The van der Waals surface area contributed by atoms with E-state index in [4.69, 9.17) is 14.2 Å². The van der Waals surface area contributed by atoms with Crippen molar-refractivity contribution in [2.75, 3.05) is 13.2 Å². The molecule has 9 heteroatoms. The summed E-state index contributed by atoms with van der Waals surface area (Å²) in [6.45, 7) is 7.79. The lowest BCUT2D eigenvalue weighted by Crippen LogP contribution is -2.55. The molecule has 0 radical (unpaired) electrons. The van der Waals surface area contributed by atoms with E-state index in [1.807, 2.05) is 0 Å². The van der Waals surface area contributed by atoms with E-state index in [9.17, 15) is 19.7 Å². The first-order chi connectivity index (χ1) is 18.1. The molecule has 0 N–H and O–H groups in total. The predicted octanol–water partition coefficient (Wildman–Crippen LogP) is 6.40. The number of non-ortho nitro benzene ring substituents is 1. The Morgan fingerprint density at radius 1 is 1.11 bits per heavy atom. The SMILES string of the molecule is CCCCCCCCCCCCOC1=CC(=O)N([C@H]2c3cc([N+](=O)[O-])ccc3OC(C)(C)[C@@H]2OC(C)=O)C1. The smallest absolute Gasteiger partial charge is 0.303 e. The van der Waals surface area contributed by atoms with Crippen LogP contribution >= 0.6 is 0 Å². The number of amides is 1. The van der Waals surface area contributed by atoms with Crippen LogP contribution in [-0.4, -0.2) is 46.6 Å². The minimum absolute atomic E-state index is 0.129. The average Bonchev–Trinajstić information content (AvgIpc) is 3.22. The number of ether oxygens (including phenoxy) is 3. The summed E-state index contributed by atoms with van der Waals surface area (Å²) in [6.07, 6.45) is 12.9. The van der Waals surface area contributed by atoms with Crippen LogP contribution in [-0.2, 0) is 19.1 Å². The zero-order valence-corrected chi connectivity index (χ0v) is 23.2. The van der Waals surface area contributed by atoms with Gasteiger partial charge >= 0.3 is 5.97 Å². The van der Waals surface area contributed by atoms with Gasteiger partial charge in [0.1, 0.15) is 23.2 Å². The number of esters is 1. The van der Waals surface area contributed by atoms with Gasteiger partial charge in [-0.2, -0.15) is 0 Å². The van der Waals surface area contributed by atoms with E-state index in [1.165, 1.54) is 82.6 Å². The number of carbonyl (C=O) groups is 2. The molecule has 0 saturated carbocycles. The van der Waals surface area contributed by atoms with Gasteiger partial charge in [0.15, 0.2) is 6.10 Å². The second kappa shape index (κ2) is 13.6. The second-order valence-electron chi connectivity index (χ2n) is 10.8. The van der Waals surface area contributed by atoms with Crippen LogP contribution in [0.1, 0.15) is 104 Å². The van der Waals surface area contributed by atoms with Crippen molar-refractivity contribution in [1.29, 1.82) is 0 Å². The lowest BCUT2D eigenvalue weighted by molar-refractivity contribution is -0.385. The topological polar surface area (TPSA) is 108 Å². The van der Waals surface area contributed by atoms with Crippen molar-refractivity contribution < 1.29 is 28.7 Å². The normalized spacial score (nSPS) is 19.9. The van der Waals surface area contributed by atoms with Gasteiger partial charge in [0.2, 0.25) is 0 Å². The van der Waals surface area contributed by atoms with Crippen molar-refractivity contribution in [3.63, 3.8) is 0 Å². The van der Waals surface area contributed by atoms with Crippen LogP contribution in [0, 0.1) is 10.1 Å². The van der Waals surface area contributed by atoms with Crippen LogP contribution < -0.4 is 4.74 Å². The summed E-state index contributed by atoms with van der Waals surface area (Å²) in [6, 6.07) is 3.52. The first-order valence-electron chi connectivity index (χ1n) is 13.9. The lowest BCUT2D eigenvalue weighted by atomic mass is 9.85. The highest BCUT2D eigenvalue weighted by molar-refractivity contribution is 5.91. The Morgan fingerprint density at radius 2 is 1.74 bits per heavy atom. The van der Waals surface area contributed by atoms with Crippen molar-refractivity contribution in [2.24, 2.45) is 0 Å². The van der Waals surface area contributed by atoms with E-state index in [-0.39, 0.29) is 18.1 Å². The van der Waals surface area contributed by atoms with Crippen LogP contribution in [0.15, 0.2) is 30.0 Å². The summed E-state index contributed by atoms with van der Waals surface area (Å²) in [5, 5.41) is 11.5. The number of rotatable bonds is 15. The molecular formula is C29H42N2O7. The summed E-state index contributed by atoms with van der Waals surface area (Å²) in [5.41, 5.74) is -0.669. The van der Waals surface area contributed by atoms with Gasteiger partial charge in [-0.1, -0.05) is 64.7 Å². The molecule has 3 rings (SSSR count). The molecule has 1 amide bonds. The van der Waals surface area contributed by atoms with Gasteiger partial charge in [-0.25, -0.2) is 0 Å². The van der Waals surface area contributed by atoms with Crippen molar-refractivity contribution in [1.82, 2.24) is 4.90 Å². The summed E-state index contributed by atoms with van der Waals surface area (Å²) < 4.78 is 17.7. The van der Waals surface area contributed by atoms with Gasteiger partial charge in [0.25, 0.3) is 11.6 Å². The number of carbonyl (C=O) groups excluding carboxylic acids is 2. The fourth-order valence-electron chi connectivity index (χ4n) is 5.20. The number of nitrogens with zero attached hydrogens (tertiary/aromatic N) is 2. The Hall–Kier alpha value is -3.10. The Morgan fingerprint density at radius 3 is 2.34 bits per heavy atom. The average molecular weight is 531 g/mol. The molecule has 0 saturated heterocycles. The first kappa shape index (κ1) is 29.5. The number of nitro benzene ring substituents is 1. The number of unbranched alkanes of at least 4 members (excludes halogenated alkanes) is 9. The summed E-state index contributed by atoms with van der Waals surface area (Å²) in [7, 11) is 0. The highest BCUT2D eigenvalue weighted by Gasteiger charge is 2.51. The van der Waals surface area contributed by atoms with Gasteiger partial charge < -0.3 is 19.1 Å². The minimum atomic E-state index is -0.973. The molecule has 0 spiro atoms. The van der Waals surface area contributed by atoms with Crippen molar-refractivity contribution in [2.45, 2.75) is 110 Å².